The van der Waals surface area contributed by atoms with Crippen molar-refractivity contribution >= 4 is 15.8 Å². The van der Waals surface area contributed by atoms with Crippen LogP contribution >= 0.6 is 0 Å². The average molecular weight is 329 g/mol. The summed E-state index contributed by atoms with van der Waals surface area (Å²) >= 11 is 0. The molecular formula is C14H19NO6S. The van der Waals surface area contributed by atoms with Crippen LogP contribution < -0.4 is 15.2 Å². The van der Waals surface area contributed by atoms with Gasteiger partial charge in [0.05, 0.1) is 18.6 Å². The van der Waals surface area contributed by atoms with E-state index in [2.05, 4.69) is 0 Å². The number of carboxylic acid groups (broad SMARTS) is 1. The first-order chi connectivity index (χ1) is 10.3. The van der Waals surface area contributed by atoms with Gasteiger partial charge in [-0.2, -0.15) is 0 Å². The number of benzene rings is 1. The Balaban J connectivity index is 2.05. The number of ether oxygens (including phenoxy) is 2. The number of carboxylic acids is 1. The third-order valence-corrected chi connectivity index (χ3v) is 5.22. The highest BCUT2D eigenvalue weighted by Crippen LogP contribution is 2.33. The third-order valence-electron chi connectivity index (χ3n) is 3.46. The molecule has 8 heteroatoms. The van der Waals surface area contributed by atoms with Crippen LogP contribution in [0.15, 0.2) is 18.2 Å². The molecule has 1 aromatic rings. The second-order valence-electron chi connectivity index (χ2n) is 5.27. The SMILES string of the molecule is COc1cc(C(N)CCC(=O)O)ccc1OC1CS(=O)(=O)C1. The molecule has 1 aromatic carbocycles. The summed E-state index contributed by atoms with van der Waals surface area (Å²) in [6.45, 7) is 0. The lowest BCUT2D eigenvalue weighted by Gasteiger charge is -2.27. The van der Waals surface area contributed by atoms with Crippen molar-refractivity contribution in [2.45, 2.75) is 25.0 Å². The van der Waals surface area contributed by atoms with Gasteiger partial charge in [0.1, 0.15) is 6.10 Å². The van der Waals surface area contributed by atoms with E-state index in [1.54, 1.807) is 18.2 Å². The first-order valence-corrected chi connectivity index (χ1v) is 8.65. The molecule has 0 spiro atoms. The largest absolute Gasteiger partial charge is 0.493 e. The lowest BCUT2D eigenvalue weighted by molar-refractivity contribution is -0.137. The number of hydrogen-bond acceptors (Lipinski definition) is 6. The monoisotopic (exact) mass is 329 g/mol. The van der Waals surface area contributed by atoms with Crippen LogP contribution in [0.3, 0.4) is 0 Å². The highest BCUT2D eigenvalue weighted by Gasteiger charge is 2.35. The fraction of sp³-hybridized carbons (Fsp3) is 0.500. The van der Waals surface area contributed by atoms with Gasteiger partial charge in [0.2, 0.25) is 0 Å². The van der Waals surface area contributed by atoms with Crippen LogP contribution in [0.2, 0.25) is 0 Å². The topological polar surface area (TPSA) is 116 Å². The highest BCUT2D eigenvalue weighted by molar-refractivity contribution is 7.92. The predicted octanol–water partition coefficient (Wildman–Crippen LogP) is 0.736. The zero-order valence-corrected chi connectivity index (χ0v) is 13.0. The van der Waals surface area contributed by atoms with Crippen molar-refractivity contribution < 1.29 is 27.8 Å². The van der Waals surface area contributed by atoms with Gasteiger partial charge in [-0.15, -0.1) is 0 Å². The Morgan fingerprint density at radius 2 is 2.09 bits per heavy atom. The molecule has 122 valence electrons. The first-order valence-electron chi connectivity index (χ1n) is 6.83. The van der Waals surface area contributed by atoms with E-state index in [1.807, 2.05) is 0 Å². The van der Waals surface area contributed by atoms with Crippen LogP contribution in [0.5, 0.6) is 11.5 Å². The fourth-order valence-electron chi connectivity index (χ4n) is 2.22. The minimum absolute atomic E-state index is 0.00995. The van der Waals surface area contributed by atoms with Crippen LogP contribution in [0, 0.1) is 0 Å². The van der Waals surface area contributed by atoms with Gasteiger partial charge in [-0.3, -0.25) is 4.79 Å². The van der Waals surface area contributed by atoms with Gasteiger partial charge in [0.25, 0.3) is 0 Å². The number of carbonyl (C=O) groups is 1. The van der Waals surface area contributed by atoms with Crippen molar-refractivity contribution in [1.29, 1.82) is 0 Å². The second-order valence-corrected chi connectivity index (χ2v) is 7.42. The van der Waals surface area contributed by atoms with Crippen molar-refractivity contribution in [2.24, 2.45) is 5.73 Å². The minimum atomic E-state index is -2.95. The Bertz CT molecular complexity index is 645. The molecule has 1 unspecified atom stereocenters. The second kappa shape index (κ2) is 6.53. The molecule has 0 amide bonds. The van der Waals surface area contributed by atoms with Gasteiger partial charge >= 0.3 is 5.97 Å². The molecule has 1 saturated heterocycles. The van der Waals surface area contributed by atoms with Gasteiger partial charge in [0.15, 0.2) is 21.3 Å². The molecule has 1 aliphatic heterocycles. The number of nitrogens with two attached hydrogens (primary N) is 1. The van der Waals surface area contributed by atoms with E-state index in [-0.39, 0.29) is 24.0 Å². The third kappa shape index (κ3) is 4.11. The van der Waals surface area contributed by atoms with Crippen molar-refractivity contribution in [3.05, 3.63) is 23.8 Å². The maximum absolute atomic E-state index is 11.1. The van der Waals surface area contributed by atoms with E-state index in [0.29, 0.717) is 17.9 Å². The van der Waals surface area contributed by atoms with Gasteiger partial charge in [-0.1, -0.05) is 6.07 Å². The van der Waals surface area contributed by atoms with Crippen LogP contribution in [0.4, 0.5) is 0 Å². The molecule has 3 N–H and O–H groups in total. The smallest absolute Gasteiger partial charge is 0.303 e. The Morgan fingerprint density at radius 1 is 1.41 bits per heavy atom. The van der Waals surface area contributed by atoms with E-state index < -0.39 is 21.8 Å². The number of aliphatic carboxylic acids is 1. The van der Waals surface area contributed by atoms with E-state index in [0.717, 1.165) is 5.56 Å². The zero-order valence-electron chi connectivity index (χ0n) is 12.2. The molecule has 1 heterocycles. The number of sulfone groups is 1. The van der Waals surface area contributed by atoms with Gasteiger partial charge in [0, 0.05) is 12.5 Å². The lowest BCUT2D eigenvalue weighted by atomic mass is 10.0. The summed E-state index contributed by atoms with van der Waals surface area (Å²) < 4.78 is 33.1. The molecule has 0 aromatic heterocycles. The average Bonchev–Trinajstić information content (AvgIpc) is 2.43. The molecule has 1 aliphatic rings. The number of methoxy groups -OCH3 is 1. The molecular weight excluding hydrogens is 310 g/mol. The number of rotatable bonds is 7. The Morgan fingerprint density at radius 3 is 2.64 bits per heavy atom. The van der Waals surface area contributed by atoms with Crippen LogP contribution in [0.1, 0.15) is 24.4 Å². The van der Waals surface area contributed by atoms with E-state index in [9.17, 15) is 13.2 Å². The van der Waals surface area contributed by atoms with Crippen LogP contribution in [-0.2, 0) is 14.6 Å². The molecule has 2 rings (SSSR count). The fourth-order valence-corrected chi connectivity index (χ4v) is 3.39. The molecule has 0 aliphatic carbocycles. The van der Waals surface area contributed by atoms with Crippen molar-refractivity contribution in [2.75, 3.05) is 18.6 Å². The van der Waals surface area contributed by atoms with Crippen LogP contribution in [-0.4, -0.2) is 44.2 Å². The Labute approximate surface area is 128 Å². The minimum Gasteiger partial charge on any atom is -0.493 e. The first kappa shape index (κ1) is 16.6. The van der Waals surface area contributed by atoms with Gasteiger partial charge in [-0.25, -0.2) is 8.42 Å². The van der Waals surface area contributed by atoms with Gasteiger partial charge < -0.3 is 20.3 Å². The summed E-state index contributed by atoms with van der Waals surface area (Å²) in [7, 11) is -1.47. The molecule has 1 fully saturated rings. The molecule has 0 bridgehead atoms. The summed E-state index contributed by atoms with van der Waals surface area (Å²) in [4.78, 5) is 10.6. The van der Waals surface area contributed by atoms with Crippen LogP contribution in [0.25, 0.3) is 0 Å². The molecule has 22 heavy (non-hydrogen) atoms. The quantitative estimate of drug-likeness (QED) is 0.757. The molecule has 7 nitrogen and oxygen atoms in total. The molecule has 0 saturated carbocycles. The maximum atomic E-state index is 11.1. The van der Waals surface area contributed by atoms with Gasteiger partial charge in [-0.05, 0) is 24.1 Å². The van der Waals surface area contributed by atoms with E-state index >= 15 is 0 Å². The molecule has 1 atom stereocenters. The van der Waals surface area contributed by atoms with Crippen molar-refractivity contribution in [1.82, 2.24) is 0 Å². The summed E-state index contributed by atoms with van der Waals surface area (Å²) in [6.07, 6.45) is -0.0493. The maximum Gasteiger partial charge on any atom is 0.303 e. The Kier molecular flexibility index (Phi) is 4.92. The lowest BCUT2D eigenvalue weighted by Crippen LogP contribution is -2.45. The normalized spacial score (nSPS) is 18.3. The summed E-state index contributed by atoms with van der Waals surface area (Å²) in [5.41, 5.74) is 6.69. The van der Waals surface area contributed by atoms with E-state index in [1.165, 1.54) is 7.11 Å². The van der Waals surface area contributed by atoms with Crippen molar-refractivity contribution in [3.8, 4) is 11.5 Å². The summed E-state index contributed by atoms with van der Waals surface area (Å²) in [5, 5.41) is 8.68. The predicted molar refractivity (Wildman–Crippen MR) is 79.9 cm³/mol. The Hall–Kier alpha value is -1.80. The summed E-state index contributed by atoms with van der Waals surface area (Å²) in [6, 6.07) is 4.68. The summed E-state index contributed by atoms with van der Waals surface area (Å²) in [5.74, 6) is 0.0317. The van der Waals surface area contributed by atoms with E-state index in [4.69, 9.17) is 20.3 Å². The highest BCUT2D eigenvalue weighted by atomic mass is 32.2. The number of hydrogen-bond donors (Lipinski definition) is 2. The molecule has 0 radical (unpaired) electrons. The zero-order chi connectivity index (χ0) is 16.3. The standard InChI is InChI=1S/C14H19NO6S/c1-20-13-6-9(11(15)3-5-14(16)17)2-4-12(13)21-10-7-22(18,19)8-10/h2,4,6,10-11H,3,5,7-8,15H2,1H3,(H,16,17). The van der Waals surface area contributed by atoms with Crippen molar-refractivity contribution in [3.63, 3.8) is 0 Å².